The van der Waals surface area contributed by atoms with Crippen LogP contribution in [0.3, 0.4) is 0 Å². The van der Waals surface area contributed by atoms with E-state index < -0.39 is 0 Å². The highest BCUT2D eigenvalue weighted by molar-refractivity contribution is 6.23. The molecule has 10 aromatic carbocycles. The average molecular weight is 829 g/mol. The molecule has 3 heterocycles. The summed E-state index contributed by atoms with van der Waals surface area (Å²) in [5.41, 5.74) is 18.1. The molecular formula is C62H40N2O. The Labute approximate surface area is 376 Å². The Morgan fingerprint density at radius 2 is 0.769 bits per heavy atom. The number of hydrogen-bond acceptors (Lipinski definition) is 2. The molecule has 3 nitrogen and oxygen atoms in total. The van der Waals surface area contributed by atoms with Crippen LogP contribution in [0.2, 0.25) is 0 Å². The van der Waals surface area contributed by atoms with Crippen molar-refractivity contribution in [2.75, 3.05) is 4.90 Å². The first-order valence-electron chi connectivity index (χ1n) is 22.3. The van der Waals surface area contributed by atoms with Crippen LogP contribution in [0.1, 0.15) is 0 Å². The molecule has 13 aromatic rings. The molecule has 0 N–H and O–H groups in total. The topological polar surface area (TPSA) is 20.8 Å². The van der Waals surface area contributed by atoms with Gasteiger partial charge in [0.2, 0.25) is 0 Å². The van der Waals surface area contributed by atoms with Gasteiger partial charge in [-0.05, 0) is 87.3 Å². The number of hydrogen-bond donors (Lipinski definition) is 0. The van der Waals surface area contributed by atoms with E-state index in [1.165, 1.54) is 77.0 Å². The fourth-order valence-corrected chi connectivity index (χ4v) is 10.3. The smallest absolute Gasteiger partial charge is 0.137 e. The molecule has 0 fully saturated rings. The summed E-state index contributed by atoms with van der Waals surface area (Å²) < 4.78 is 8.98. The number of para-hydroxylation sites is 3. The van der Waals surface area contributed by atoms with Crippen LogP contribution >= 0.6 is 0 Å². The summed E-state index contributed by atoms with van der Waals surface area (Å²) in [7, 11) is 0. The summed E-state index contributed by atoms with van der Waals surface area (Å²) in [5, 5.41) is 7.19. The summed E-state index contributed by atoms with van der Waals surface area (Å²) in [6.45, 7) is 0. The molecule has 304 valence electrons. The van der Waals surface area contributed by atoms with Crippen LogP contribution in [0.25, 0.3) is 105 Å². The van der Waals surface area contributed by atoms with Crippen molar-refractivity contribution in [2.24, 2.45) is 0 Å². The van der Waals surface area contributed by atoms with Gasteiger partial charge in [0.15, 0.2) is 0 Å². The Morgan fingerprint density at radius 3 is 1.48 bits per heavy atom. The van der Waals surface area contributed by atoms with Crippen molar-refractivity contribution in [1.29, 1.82) is 0 Å². The SMILES string of the molecule is c1ccc(-c2ccccc2-c2ccc(N(c3ccc(-c4cccc5c6ccccc6c6c(-c7ccccc7)c7ccccc7n6c45)cc3)c3ccc4c(c3)oc3ccccc34)cc2)cc1. The zero-order valence-electron chi connectivity index (χ0n) is 35.4. The zero-order valence-corrected chi connectivity index (χ0v) is 35.4. The lowest BCUT2D eigenvalue weighted by atomic mass is 9.94. The predicted octanol–water partition coefficient (Wildman–Crippen LogP) is 17.4. The minimum absolute atomic E-state index is 0.861. The normalized spacial score (nSPS) is 11.7. The lowest BCUT2D eigenvalue weighted by Gasteiger charge is -2.26. The second-order valence-electron chi connectivity index (χ2n) is 16.8. The highest BCUT2D eigenvalue weighted by Gasteiger charge is 2.22. The summed E-state index contributed by atoms with van der Waals surface area (Å²) in [4.78, 5) is 2.34. The zero-order chi connectivity index (χ0) is 42.8. The van der Waals surface area contributed by atoms with E-state index in [0.29, 0.717) is 0 Å². The minimum Gasteiger partial charge on any atom is -0.456 e. The van der Waals surface area contributed by atoms with Crippen molar-refractivity contribution in [3.63, 3.8) is 0 Å². The number of furan rings is 1. The highest BCUT2D eigenvalue weighted by atomic mass is 16.3. The fraction of sp³-hybridized carbons (Fsp3) is 0. The van der Waals surface area contributed by atoms with Crippen molar-refractivity contribution in [2.45, 2.75) is 0 Å². The molecule has 0 saturated carbocycles. The van der Waals surface area contributed by atoms with Crippen LogP contribution in [0.5, 0.6) is 0 Å². The van der Waals surface area contributed by atoms with Crippen LogP contribution in [-0.2, 0) is 0 Å². The van der Waals surface area contributed by atoms with Crippen LogP contribution in [0.15, 0.2) is 247 Å². The second kappa shape index (κ2) is 15.0. The molecule has 0 atom stereocenters. The van der Waals surface area contributed by atoms with E-state index in [1.54, 1.807) is 0 Å². The van der Waals surface area contributed by atoms with E-state index in [4.69, 9.17) is 4.42 Å². The molecule has 0 saturated heterocycles. The van der Waals surface area contributed by atoms with Gasteiger partial charge in [-0.2, -0.15) is 0 Å². The summed E-state index contributed by atoms with van der Waals surface area (Å²) in [5.74, 6) is 0. The third-order valence-corrected chi connectivity index (χ3v) is 13.2. The van der Waals surface area contributed by atoms with E-state index in [1.807, 2.05) is 12.1 Å². The van der Waals surface area contributed by atoms with Gasteiger partial charge < -0.3 is 13.7 Å². The maximum atomic E-state index is 6.46. The van der Waals surface area contributed by atoms with Crippen molar-refractivity contribution in [1.82, 2.24) is 4.40 Å². The first-order valence-corrected chi connectivity index (χ1v) is 22.3. The molecule has 0 unspecified atom stereocenters. The fourth-order valence-electron chi connectivity index (χ4n) is 10.3. The summed E-state index contributed by atoms with van der Waals surface area (Å²) in [6.07, 6.45) is 0. The number of aromatic nitrogens is 1. The van der Waals surface area contributed by atoms with Crippen molar-refractivity contribution in [3.05, 3.63) is 243 Å². The second-order valence-corrected chi connectivity index (χ2v) is 16.8. The van der Waals surface area contributed by atoms with E-state index >= 15 is 0 Å². The van der Waals surface area contributed by atoms with E-state index in [9.17, 15) is 0 Å². The van der Waals surface area contributed by atoms with E-state index in [-0.39, 0.29) is 0 Å². The number of nitrogens with zero attached hydrogens (tertiary/aromatic N) is 2. The Bertz CT molecular complexity index is 3920. The van der Waals surface area contributed by atoms with Gasteiger partial charge in [-0.3, -0.25) is 0 Å². The molecule has 13 rings (SSSR count). The lowest BCUT2D eigenvalue weighted by molar-refractivity contribution is 0.669. The molecule has 0 aliphatic rings. The third-order valence-electron chi connectivity index (χ3n) is 13.2. The molecule has 65 heavy (non-hydrogen) atoms. The molecule has 0 bridgehead atoms. The van der Waals surface area contributed by atoms with Gasteiger partial charge in [0.25, 0.3) is 0 Å². The number of anilines is 3. The number of pyridine rings is 1. The summed E-state index contributed by atoms with van der Waals surface area (Å²) >= 11 is 0. The number of fused-ring (bicyclic) bond motifs is 11. The third kappa shape index (κ3) is 5.97. The highest BCUT2D eigenvalue weighted by Crippen LogP contribution is 2.46. The lowest BCUT2D eigenvalue weighted by Crippen LogP contribution is -2.09. The van der Waals surface area contributed by atoms with Crippen LogP contribution in [0.4, 0.5) is 17.1 Å². The Morgan fingerprint density at radius 1 is 0.292 bits per heavy atom. The Hall–Kier alpha value is -8.66. The van der Waals surface area contributed by atoms with Gasteiger partial charge in [0, 0.05) is 61.2 Å². The molecule has 0 aliphatic carbocycles. The van der Waals surface area contributed by atoms with E-state index in [0.717, 1.165) is 44.6 Å². The van der Waals surface area contributed by atoms with Gasteiger partial charge in [0.05, 0.1) is 16.6 Å². The molecule has 0 spiro atoms. The van der Waals surface area contributed by atoms with Crippen molar-refractivity contribution in [3.8, 4) is 44.5 Å². The molecule has 0 radical (unpaired) electrons. The molecular weight excluding hydrogens is 789 g/mol. The van der Waals surface area contributed by atoms with Gasteiger partial charge >= 0.3 is 0 Å². The van der Waals surface area contributed by atoms with Crippen molar-refractivity contribution < 1.29 is 4.42 Å². The predicted molar refractivity (Wildman–Crippen MR) is 274 cm³/mol. The van der Waals surface area contributed by atoms with Crippen LogP contribution in [-0.4, -0.2) is 4.40 Å². The van der Waals surface area contributed by atoms with E-state index in [2.05, 4.69) is 240 Å². The quantitative estimate of drug-likeness (QED) is 0.149. The minimum atomic E-state index is 0.861. The average Bonchev–Trinajstić information content (AvgIpc) is 3.93. The maximum absolute atomic E-state index is 6.46. The molecule has 0 amide bonds. The van der Waals surface area contributed by atoms with Gasteiger partial charge in [-0.25, -0.2) is 0 Å². The molecule has 3 heteroatoms. The first-order chi connectivity index (χ1) is 32.3. The summed E-state index contributed by atoms with van der Waals surface area (Å²) in [6, 6.07) is 87.6. The number of rotatable bonds is 7. The molecule has 3 aromatic heterocycles. The van der Waals surface area contributed by atoms with Gasteiger partial charge in [0.1, 0.15) is 11.2 Å². The van der Waals surface area contributed by atoms with Gasteiger partial charge in [-0.1, -0.05) is 188 Å². The maximum Gasteiger partial charge on any atom is 0.137 e. The van der Waals surface area contributed by atoms with Crippen LogP contribution in [0, 0.1) is 0 Å². The first kappa shape index (κ1) is 36.9. The molecule has 0 aliphatic heterocycles. The standard InChI is InChI=1S/C62H40N2O/c1-3-16-41(17-4-1)48-20-7-8-21-49(48)42-30-34-45(35-31-42)63(47-38-39-53-52-23-12-14-29-58(52)65-59(53)40-47)46-36-32-43(33-37-46)50-26-15-27-54-51-22-9-10-24-55(51)62-60(44-18-5-2-6-19-44)56-25-11-13-28-57(56)64(62)61(50)54/h1-40H. The van der Waals surface area contributed by atoms with Crippen LogP contribution < -0.4 is 4.90 Å². The van der Waals surface area contributed by atoms with Gasteiger partial charge in [-0.15, -0.1) is 0 Å². The Balaban J connectivity index is 0.985. The Kier molecular flexibility index (Phi) is 8.53. The monoisotopic (exact) mass is 828 g/mol. The largest absolute Gasteiger partial charge is 0.456 e. The van der Waals surface area contributed by atoms with Crippen molar-refractivity contribution >= 4 is 77.1 Å². The number of benzene rings is 10.